The maximum absolute atomic E-state index is 12.8. The van der Waals surface area contributed by atoms with Crippen molar-refractivity contribution < 1.29 is 9.59 Å². The molecule has 1 fully saturated rings. The number of anilines is 1. The third-order valence-electron chi connectivity index (χ3n) is 6.32. The zero-order chi connectivity index (χ0) is 22.7. The summed E-state index contributed by atoms with van der Waals surface area (Å²) >= 11 is 0. The quantitative estimate of drug-likeness (QED) is 0.639. The molecule has 1 heterocycles. The number of hydrogen-bond acceptors (Lipinski definition) is 3. The van der Waals surface area contributed by atoms with Crippen molar-refractivity contribution in [3.8, 4) is 0 Å². The normalized spacial score (nSPS) is 17.2. The number of hydrogen-bond donors (Lipinski definition) is 3. The van der Waals surface area contributed by atoms with Crippen LogP contribution in [0.4, 0.5) is 10.5 Å². The third kappa shape index (κ3) is 5.88. The molecule has 0 radical (unpaired) electrons. The van der Waals surface area contributed by atoms with E-state index in [2.05, 4.69) is 65.9 Å². The Hall–Kier alpha value is -2.86. The van der Waals surface area contributed by atoms with Crippen LogP contribution < -0.4 is 16.0 Å². The van der Waals surface area contributed by atoms with E-state index in [1.54, 1.807) is 24.3 Å². The summed E-state index contributed by atoms with van der Waals surface area (Å²) in [7, 11) is 0. The molecule has 0 spiro atoms. The van der Waals surface area contributed by atoms with E-state index in [0.717, 1.165) is 38.9 Å². The van der Waals surface area contributed by atoms with Crippen LogP contribution in [0.2, 0.25) is 0 Å². The fraction of sp³-hybridized carbons (Fsp3) is 0.462. The van der Waals surface area contributed by atoms with Crippen LogP contribution in [0.3, 0.4) is 0 Å². The highest BCUT2D eigenvalue weighted by Gasteiger charge is 2.29. The predicted molar refractivity (Wildman–Crippen MR) is 128 cm³/mol. The molecule has 170 valence electrons. The Morgan fingerprint density at radius 1 is 1.03 bits per heavy atom. The van der Waals surface area contributed by atoms with E-state index >= 15 is 0 Å². The summed E-state index contributed by atoms with van der Waals surface area (Å²) in [4.78, 5) is 27.3. The largest absolute Gasteiger partial charge is 0.349 e. The fourth-order valence-electron chi connectivity index (χ4n) is 4.03. The van der Waals surface area contributed by atoms with Crippen LogP contribution >= 0.6 is 0 Å². The molecule has 6 nitrogen and oxygen atoms in total. The Labute approximate surface area is 190 Å². The zero-order valence-electron chi connectivity index (χ0n) is 19.3. The molecule has 2 aromatic rings. The summed E-state index contributed by atoms with van der Waals surface area (Å²) in [5.74, 6) is -0.0561. The zero-order valence-corrected chi connectivity index (χ0v) is 19.3. The summed E-state index contributed by atoms with van der Waals surface area (Å²) in [6, 6.07) is 15.7. The Morgan fingerprint density at radius 2 is 1.72 bits per heavy atom. The standard InChI is InChI=1S/C26H34N4O2/c1-26(2,3)23(17-30-15-14-18-6-4-5-7-20(18)16-30)29-25(32)28-22-10-8-19(9-11-22)24(31)27-21-12-13-21/h4-11,21,23H,12-17H2,1-3H3,(H,27,31)(H2,28,29,32)/t23-/m0/s1. The minimum Gasteiger partial charge on any atom is -0.349 e. The first-order valence-corrected chi connectivity index (χ1v) is 11.6. The SMILES string of the molecule is CC(C)(C)[C@H](CN1CCc2ccccc2C1)NC(=O)Nc1ccc(C(=O)NC2CC2)cc1. The molecule has 6 heteroatoms. The van der Waals surface area contributed by atoms with Crippen LogP contribution in [0, 0.1) is 5.41 Å². The highest BCUT2D eigenvalue weighted by molar-refractivity contribution is 5.95. The van der Waals surface area contributed by atoms with Crippen LogP contribution in [-0.4, -0.2) is 42.0 Å². The van der Waals surface area contributed by atoms with Crippen LogP contribution in [-0.2, 0) is 13.0 Å². The summed E-state index contributed by atoms with van der Waals surface area (Å²) in [5, 5.41) is 9.07. The number of nitrogens with one attached hydrogen (secondary N) is 3. The van der Waals surface area contributed by atoms with Crippen molar-refractivity contribution in [1.29, 1.82) is 0 Å². The van der Waals surface area contributed by atoms with E-state index in [-0.39, 0.29) is 23.4 Å². The van der Waals surface area contributed by atoms with Crippen molar-refractivity contribution in [2.75, 3.05) is 18.4 Å². The summed E-state index contributed by atoms with van der Waals surface area (Å²) < 4.78 is 0. The van der Waals surface area contributed by atoms with Crippen molar-refractivity contribution >= 4 is 17.6 Å². The van der Waals surface area contributed by atoms with E-state index in [9.17, 15) is 9.59 Å². The molecular weight excluding hydrogens is 400 g/mol. The molecule has 1 aliphatic carbocycles. The summed E-state index contributed by atoms with van der Waals surface area (Å²) in [5.41, 5.74) is 4.00. The first-order valence-electron chi connectivity index (χ1n) is 11.6. The maximum Gasteiger partial charge on any atom is 0.319 e. The molecular formula is C26H34N4O2. The number of amides is 3. The third-order valence-corrected chi connectivity index (χ3v) is 6.32. The Kier molecular flexibility index (Phi) is 6.51. The van der Waals surface area contributed by atoms with Gasteiger partial charge in [-0.2, -0.15) is 0 Å². The lowest BCUT2D eigenvalue weighted by atomic mass is 9.86. The van der Waals surface area contributed by atoms with Gasteiger partial charge in [-0.3, -0.25) is 9.69 Å². The van der Waals surface area contributed by atoms with Crippen molar-refractivity contribution in [2.24, 2.45) is 5.41 Å². The molecule has 0 saturated heterocycles. The molecule has 1 aliphatic heterocycles. The number of carbonyl (C=O) groups excluding carboxylic acids is 2. The molecule has 0 unspecified atom stereocenters. The average molecular weight is 435 g/mol. The van der Waals surface area contributed by atoms with Crippen molar-refractivity contribution in [3.63, 3.8) is 0 Å². The number of urea groups is 1. The van der Waals surface area contributed by atoms with Gasteiger partial charge in [0.1, 0.15) is 0 Å². The molecule has 0 bridgehead atoms. The van der Waals surface area contributed by atoms with Gasteiger partial charge in [0.15, 0.2) is 0 Å². The van der Waals surface area contributed by atoms with Gasteiger partial charge in [0, 0.05) is 43.0 Å². The van der Waals surface area contributed by atoms with Gasteiger partial charge in [-0.1, -0.05) is 45.0 Å². The highest BCUT2D eigenvalue weighted by atomic mass is 16.2. The molecule has 0 aromatic heterocycles. The van der Waals surface area contributed by atoms with E-state index in [0.29, 0.717) is 17.3 Å². The van der Waals surface area contributed by atoms with Crippen molar-refractivity contribution in [2.45, 2.75) is 58.7 Å². The van der Waals surface area contributed by atoms with Crippen LogP contribution in [0.15, 0.2) is 48.5 Å². The summed E-state index contributed by atoms with van der Waals surface area (Å²) in [6.45, 7) is 9.18. The molecule has 2 aromatic carbocycles. The van der Waals surface area contributed by atoms with Crippen LogP contribution in [0.5, 0.6) is 0 Å². The molecule has 4 rings (SSSR count). The van der Waals surface area contributed by atoms with E-state index in [4.69, 9.17) is 0 Å². The lowest BCUT2D eigenvalue weighted by molar-refractivity contribution is 0.0951. The van der Waals surface area contributed by atoms with Gasteiger partial charge in [0.05, 0.1) is 0 Å². The van der Waals surface area contributed by atoms with Gasteiger partial charge in [0.2, 0.25) is 0 Å². The molecule has 1 atom stereocenters. The average Bonchev–Trinajstić information content (AvgIpc) is 3.57. The molecule has 1 saturated carbocycles. The lowest BCUT2D eigenvalue weighted by Gasteiger charge is -2.37. The summed E-state index contributed by atoms with van der Waals surface area (Å²) in [6.07, 6.45) is 3.16. The first kappa shape index (κ1) is 22.3. The van der Waals surface area contributed by atoms with Gasteiger partial charge in [-0.15, -0.1) is 0 Å². The van der Waals surface area contributed by atoms with Crippen molar-refractivity contribution in [3.05, 3.63) is 65.2 Å². The van der Waals surface area contributed by atoms with E-state index < -0.39 is 0 Å². The minimum atomic E-state index is -0.225. The second-order valence-electron chi connectivity index (χ2n) is 10.1. The number of benzene rings is 2. The molecule has 3 N–H and O–H groups in total. The van der Waals surface area contributed by atoms with Gasteiger partial charge in [-0.05, 0) is 60.1 Å². The fourth-order valence-corrected chi connectivity index (χ4v) is 4.03. The first-order chi connectivity index (χ1) is 15.3. The second kappa shape index (κ2) is 9.33. The number of carbonyl (C=O) groups is 2. The lowest BCUT2D eigenvalue weighted by Crippen LogP contribution is -2.52. The smallest absolute Gasteiger partial charge is 0.319 e. The second-order valence-corrected chi connectivity index (χ2v) is 10.1. The Balaban J connectivity index is 1.33. The molecule has 32 heavy (non-hydrogen) atoms. The number of rotatable bonds is 6. The predicted octanol–water partition coefficient (Wildman–Crippen LogP) is 4.17. The molecule has 2 aliphatic rings. The van der Waals surface area contributed by atoms with E-state index in [1.807, 2.05) is 0 Å². The van der Waals surface area contributed by atoms with Gasteiger partial charge in [0.25, 0.3) is 5.91 Å². The Bertz CT molecular complexity index is 961. The van der Waals surface area contributed by atoms with Gasteiger partial charge in [-0.25, -0.2) is 4.79 Å². The van der Waals surface area contributed by atoms with Crippen LogP contribution in [0.25, 0.3) is 0 Å². The highest BCUT2D eigenvalue weighted by Crippen LogP contribution is 2.24. The van der Waals surface area contributed by atoms with Gasteiger partial charge < -0.3 is 16.0 Å². The van der Waals surface area contributed by atoms with E-state index in [1.165, 1.54) is 11.1 Å². The monoisotopic (exact) mass is 434 g/mol. The number of nitrogens with zero attached hydrogens (tertiary/aromatic N) is 1. The number of fused-ring (bicyclic) bond motifs is 1. The maximum atomic E-state index is 12.8. The minimum absolute atomic E-state index is 0.00337. The van der Waals surface area contributed by atoms with Crippen LogP contribution in [0.1, 0.15) is 55.1 Å². The topological polar surface area (TPSA) is 73.5 Å². The molecule has 3 amide bonds. The Morgan fingerprint density at radius 3 is 2.38 bits per heavy atom. The van der Waals surface area contributed by atoms with Crippen molar-refractivity contribution in [1.82, 2.24) is 15.5 Å². The van der Waals surface area contributed by atoms with Gasteiger partial charge >= 0.3 is 6.03 Å².